The van der Waals surface area contributed by atoms with Gasteiger partial charge in [0.05, 0.1) is 6.42 Å². The van der Waals surface area contributed by atoms with Crippen molar-refractivity contribution < 1.29 is 13.6 Å². The molecule has 2 nitrogen and oxygen atoms in total. The molecule has 2 aromatic rings. The van der Waals surface area contributed by atoms with Gasteiger partial charge in [0, 0.05) is 10.2 Å². The first kappa shape index (κ1) is 14.7. The molecular weight excluding hydrogens is 328 g/mol. The second kappa shape index (κ2) is 6.13. The van der Waals surface area contributed by atoms with Crippen molar-refractivity contribution in [3.63, 3.8) is 0 Å². The summed E-state index contributed by atoms with van der Waals surface area (Å²) < 4.78 is 26.7. The van der Waals surface area contributed by atoms with Gasteiger partial charge < -0.3 is 5.32 Å². The molecule has 2 aromatic carbocycles. The smallest absolute Gasteiger partial charge is 0.228 e. The molecule has 0 fully saturated rings. The maximum Gasteiger partial charge on any atom is 0.228 e. The topological polar surface area (TPSA) is 29.1 Å². The van der Waals surface area contributed by atoms with Crippen LogP contribution in [-0.2, 0) is 11.2 Å². The van der Waals surface area contributed by atoms with Crippen LogP contribution >= 0.6 is 15.9 Å². The maximum absolute atomic E-state index is 13.0. The van der Waals surface area contributed by atoms with Gasteiger partial charge in [-0.1, -0.05) is 22.0 Å². The summed E-state index contributed by atoms with van der Waals surface area (Å²) in [6.07, 6.45) is -0.0111. The quantitative estimate of drug-likeness (QED) is 0.891. The summed E-state index contributed by atoms with van der Waals surface area (Å²) in [6, 6.07) is 8.96. The van der Waals surface area contributed by atoms with Crippen LogP contribution in [0.25, 0.3) is 0 Å². The summed E-state index contributed by atoms with van der Waals surface area (Å²) in [5.74, 6) is -2.15. The summed E-state index contributed by atoms with van der Waals surface area (Å²) in [6.45, 7) is 1.91. The summed E-state index contributed by atoms with van der Waals surface area (Å²) in [5, 5.41) is 2.72. The Bertz CT molecular complexity index is 638. The fourth-order valence-corrected chi connectivity index (χ4v) is 2.46. The van der Waals surface area contributed by atoms with Crippen LogP contribution in [0.4, 0.5) is 14.5 Å². The van der Waals surface area contributed by atoms with Crippen LogP contribution in [0.2, 0.25) is 0 Å². The third-order valence-electron chi connectivity index (χ3n) is 2.67. The Labute approximate surface area is 123 Å². The molecule has 0 unspecified atom stereocenters. The molecule has 104 valence electrons. The lowest BCUT2D eigenvalue weighted by Gasteiger charge is -2.07. The minimum atomic E-state index is -0.950. The van der Waals surface area contributed by atoms with Gasteiger partial charge in [-0.25, -0.2) is 8.78 Å². The molecule has 0 bridgehead atoms. The van der Waals surface area contributed by atoms with E-state index in [0.29, 0.717) is 11.3 Å². The van der Waals surface area contributed by atoms with Crippen molar-refractivity contribution in [2.24, 2.45) is 0 Å². The first-order valence-electron chi connectivity index (χ1n) is 5.95. The average Bonchev–Trinajstić information content (AvgIpc) is 2.32. The fourth-order valence-electron chi connectivity index (χ4n) is 1.85. The predicted molar refractivity (Wildman–Crippen MR) is 77.6 cm³/mol. The molecule has 0 radical (unpaired) electrons. The van der Waals surface area contributed by atoms with E-state index in [9.17, 15) is 13.6 Å². The SMILES string of the molecule is Cc1cc(Br)cc(NC(=O)Cc2ccc(F)c(F)c2)c1. The van der Waals surface area contributed by atoms with E-state index in [0.717, 1.165) is 22.2 Å². The van der Waals surface area contributed by atoms with Crippen molar-refractivity contribution >= 4 is 27.5 Å². The highest BCUT2D eigenvalue weighted by molar-refractivity contribution is 9.10. The lowest BCUT2D eigenvalue weighted by Crippen LogP contribution is -2.14. The van der Waals surface area contributed by atoms with Crippen molar-refractivity contribution in [2.45, 2.75) is 13.3 Å². The zero-order chi connectivity index (χ0) is 14.7. The second-order valence-corrected chi connectivity index (χ2v) is 5.41. The second-order valence-electron chi connectivity index (χ2n) is 4.49. The number of nitrogens with one attached hydrogen (secondary N) is 1. The van der Waals surface area contributed by atoms with Crippen LogP contribution < -0.4 is 5.32 Å². The number of anilines is 1. The Morgan fingerprint density at radius 2 is 1.90 bits per heavy atom. The minimum Gasteiger partial charge on any atom is -0.326 e. The number of halogens is 3. The number of amides is 1. The number of carbonyl (C=O) groups excluding carboxylic acids is 1. The molecule has 2 rings (SSSR count). The summed E-state index contributed by atoms with van der Waals surface area (Å²) in [5.41, 5.74) is 2.08. The Balaban J connectivity index is 2.06. The van der Waals surface area contributed by atoms with Crippen LogP contribution in [0.3, 0.4) is 0 Å². The lowest BCUT2D eigenvalue weighted by molar-refractivity contribution is -0.115. The first-order valence-corrected chi connectivity index (χ1v) is 6.74. The molecular formula is C15H12BrF2NO. The molecule has 0 atom stereocenters. The normalized spacial score (nSPS) is 10.4. The van der Waals surface area contributed by atoms with Crippen molar-refractivity contribution in [2.75, 3.05) is 5.32 Å². The molecule has 0 saturated carbocycles. The summed E-state index contributed by atoms with van der Waals surface area (Å²) in [4.78, 5) is 11.9. The van der Waals surface area contributed by atoms with Gasteiger partial charge in [0.15, 0.2) is 11.6 Å². The largest absolute Gasteiger partial charge is 0.326 e. The van der Waals surface area contributed by atoms with Crippen LogP contribution in [-0.4, -0.2) is 5.91 Å². The van der Waals surface area contributed by atoms with Crippen LogP contribution in [0, 0.1) is 18.6 Å². The van der Waals surface area contributed by atoms with Gasteiger partial charge in [-0.15, -0.1) is 0 Å². The zero-order valence-electron chi connectivity index (χ0n) is 10.7. The predicted octanol–water partition coefficient (Wildman–Crippen LogP) is 4.22. The summed E-state index contributed by atoms with van der Waals surface area (Å²) in [7, 11) is 0. The monoisotopic (exact) mass is 339 g/mol. The zero-order valence-corrected chi connectivity index (χ0v) is 12.3. The van der Waals surface area contributed by atoms with Gasteiger partial charge >= 0.3 is 0 Å². The number of hydrogen-bond donors (Lipinski definition) is 1. The molecule has 0 aromatic heterocycles. The van der Waals surface area contributed by atoms with Crippen molar-refractivity contribution in [3.8, 4) is 0 Å². The highest BCUT2D eigenvalue weighted by Gasteiger charge is 2.08. The van der Waals surface area contributed by atoms with E-state index in [4.69, 9.17) is 0 Å². The van der Waals surface area contributed by atoms with Gasteiger partial charge in [0.2, 0.25) is 5.91 Å². The molecule has 0 aliphatic carbocycles. The van der Waals surface area contributed by atoms with Crippen LogP contribution in [0.5, 0.6) is 0 Å². The number of carbonyl (C=O) groups is 1. The van der Waals surface area contributed by atoms with E-state index in [1.165, 1.54) is 6.07 Å². The fraction of sp³-hybridized carbons (Fsp3) is 0.133. The van der Waals surface area contributed by atoms with Crippen LogP contribution in [0.15, 0.2) is 40.9 Å². The number of benzene rings is 2. The third kappa shape index (κ3) is 3.87. The molecule has 0 aliphatic rings. The number of rotatable bonds is 3. The lowest BCUT2D eigenvalue weighted by atomic mass is 10.1. The highest BCUT2D eigenvalue weighted by atomic mass is 79.9. The minimum absolute atomic E-state index is 0.0111. The first-order chi connectivity index (χ1) is 9.44. The molecule has 0 saturated heterocycles. The standard InChI is InChI=1S/C15H12BrF2NO/c1-9-4-11(16)8-12(5-9)19-15(20)7-10-2-3-13(17)14(18)6-10/h2-6,8H,7H2,1H3,(H,19,20). The van der Waals surface area contributed by atoms with Crippen molar-refractivity contribution in [1.29, 1.82) is 0 Å². The molecule has 1 N–H and O–H groups in total. The molecule has 20 heavy (non-hydrogen) atoms. The molecule has 1 amide bonds. The Hall–Kier alpha value is -1.75. The highest BCUT2D eigenvalue weighted by Crippen LogP contribution is 2.19. The van der Waals surface area contributed by atoms with Gasteiger partial charge in [-0.3, -0.25) is 4.79 Å². The van der Waals surface area contributed by atoms with E-state index >= 15 is 0 Å². The van der Waals surface area contributed by atoms with E-state index in [1.54, 1.807) is 6.07 Å². The van der Waals surface area contributed by atoms with E-state index in [-0.39, 0.29) is 12.3 Å². The van der Waals surface area contributed by atoms with E-state index in [1.807, 2.05) is 19.1 Å². The Kier molecular flexibility index (Phi) is 4.49. The average molecular weight is 340 g/mol. The van der Waals surface area contributed by atoms with Gasteiger partial charge in [0.25, 0.3) is 0 Å². The number of aryl methyl sites for hydroxylation is 1. The van der Waals surface area contributed by atoms with E-state index < -0.39 is 11.6 Å². The maximum atomic E-state index is 13.0. The third-order valence-corrected chi connectivity index (χ3v) is 3.13. The molecule has 0 heterocycles. The Morgan fingerprint density at radius 3 is 2.55 bits per heavy atom. The van der Waals surface area contributed by atoms with Gasteiger partial charge in [-0.05, 0) is 48.4 Å². The number of hydrogen-bond acceptors (Lipinski definition) is 1. The summed E-state index contributed by atoms with van der Waals surface area (Å²) >= 11 is 3.34. The van der Waals surface area contributed by atoms with Gasteiger partial charge in [-0.2, -0.15) is 0 Å². The molecule has 5 heteroatoms. The molecule has 0 aliphatic heterocycles. The van der Waals surface area contributed by atoms with Crippen molar-refractivity contribution in [1.82, 2.24) is 0 Å². The van der Waals surface area contributed by atoms with Crippen LogP contribution in [0.1, 0.15) is 11.1 Å². The Morgan fingerprint density at radius 1 is 1.15 bits per heavy atom. The van der Waals surface area contributed by atoms with Gasteiger partial charge in [0.1, 0.15) is 0 Å². The molecule has 0 spiro atoms. The van der Waals surface area contributed by atoms with Crippen molar-refractivity contribution in [3.05, 3.63) is 63.6 Å². The van der Waals surface area contributed by atoms with E-state index in [2.05, 4.69) is 21.2 Å².